The van der Waals surface area contributed by atoms with Gasteiger partial charge >= 0.3 is 0 Å². The van der Waals surface area contributed by atoms with E-state index in [1.807, 2.05) is 23.7 Å². The number of methoxy groups -OCH3 is 1. The first-order chi connectivity index (χ1) is 13.6. The first-order valence-electron chi connectivity index (χ1n) is 9.17. The second kappa shape index (κ2) is 6.93. The zero-order chi connectivity index (χ0) is 19.8. The summed E-state index contributed by atoms with van der Waals surface area (Å²) in [5, 5.41) is 15.5. The summed E-state index contributed by atoms with van der Waals surface area (Å²) in [6.07, 6.45) is 2.57. The maximum atomic E-state index is 14.8. The average molecular weight is 374 g/mol. The third-order valence-electron chi connectivity index (χ3n) is 5.02. The Balaban J connectivity index is 2.11. The molecule has 0 N–H and O–H groups in total. The first-order valence-corrected chi connectivity index (χ1v) is 9.17. The van der Waals surface area contributed by atoms with Crippen LogP contribution in [0.1, 0.15) is 25.0 Å². The summed E-state index contributed by atoms with van der Waals surface area (Å²) in [6, 6.07) is 10.4. The molecule has 0 unspecified atom stereocenters. The van der Waals surface area contributed by atoms with Crippen molar-refractivity contribution in [1.29, 1.82) is 5.26 Å². The Morgan fingerprint density at radius 3 is 2.68 bits per heavy atom. The second-order valence-electron chi connectivity index (χ2n) is 6.52. The van der Waals surface area contributed by atoms with E-state index in [0.29, 0.717) is 17.8 Å². The molecule has 6 heteroatoms. The Kier molecular flexibility index (Phi) is 4.44. The molecule has 0 atom stereocenters. The predicted octanol–water partition coefficient (Wildman–Crippen LogP) is 4.85. The van der Waals surface area contributed by atoms with Crippen LogP contribution in [-0.2, 0) is 13.0 Å². The van der Waals surface area contributed by atoms with Crippen molar-refractivity contribution in [1.82, 2.24) is 14.8 Å². The lowest BCUT2D eigenvalue weighted by Gasteiger charge is -2.10. The smallest absolute Gasteiger partial charge is 0.134 e. The molecule has 4 rings (SSSR count). The fourth-order valence-corrected chi connectivity index (χ4v) is 3.60. The summed E-state index contributed by atoms with van der Waals surface area (Å²) in [4.78, 5) is 4.58. The maximum Gasteiger partial charge on any atom is 0.134 e. The molecular weight excluding hydrogens is 355 g/mol. The minimum Gasteiger partial charge on any atom is -0.496 e. The number of ether oxygens (including phenoxy) is 1. The lowest BCUT2D eigenvalue weighted by molar-refractivity contribution is 0.411. The molecule has 5 nitrogen and oxygen atoms in total. The van der Waals surface area contributed by atoms with Crippen molar-refractivity contribution in [2.75, 3.05) is 7.11 Å². The van der Waals surface area contributed by atoms with Crippen LogP contribution in [0, 0.1) is 17.1 Å². The van der Waals surface area contributed by atoms with Crippen LogP contribution in [0.2, 0.25) is 0 Å². The zero-order valence-corrected chi connectivity index (χ0v) is 16.0. The van der Waals surface area contributed by atoms with E-state index in [4.69, 9.17) is 10.00 Å². The molecule has 0 aliphatic carbocycles. The summed E-state index contributed by atoms with van der Waals surface area (Å²) < 4.78 is 22.1. The summed E-state index contributed by atoms with van der Waals surface area (Å²) in [5.74, 6) is 0.326. The lowest BCUT2D eigenvalue weighted by atomic mass is 10.0. The fraction of sp³-hybridized carbons (Fsp3) is 0.227. The van der Waals surface area contributed by atoms with Gasteiger partial charge in [-0.05, 0) is 43.2 Å². The number of nitrogens with zero attached hydrogens (tertiary/aromatic N) is 4. The number of aryl methyl sites for hydroxylation is 2. The molecule has 140 valence electrons. The van der Waals surface area contributed by atoms with Crippen molar-refractivity contribution >= 4 is 21.8 Å². The van der Waals surface area contributed by atoms with E-state index in [-0.39, 0.29) is 5.56 Å². The van der Waals surface area contributed by atoms with Crippen molar-refractivity contribution in [2.24, 2.45) is 0 Å². The molecule has 0 saturated carbocycles. The van der Waals surface area contributed by atoms with Crippen LogP contribution < -0.4 is 4.74 Å². The number of halogens is 1. The lowest BCUT2D eigenvalue weighted by Crippen LogP contribution is -1.97. The molecule has 4 aromatic rings. The molecule has 2 aromatic heterocycles. The van der Waals surface area contributed by atoms with Crippen molar-refractivity contribution in [3.8, 4) is 23.1 Å². The SMILES string of the molecule is CCc1cc2c(cc1OC)ncc1c2c(-c2ccc(C#N)cc2F)nn1CC. The van der Waals surface area contributed by atoms with Crippen LogP contribution in [0.3, 0.4) is 0 Å². The fourth-order valence-electron chi connectivity index (χ4n) is 3.60. The van der Waals surface area contributed by atoms with Crippen molar-refractivity contribution < 1.29 is 9.13 Å². The third-order valence-corrected chi connectivity index (χ3v) is 5.02. The number of hydrogen-bond donors (Lipinski definition) is 0. The molecule has 2 aromatic carbocycles. The Morgan fingerprint density at radius 1 is 1.21 bits per heavy atom. The summed E-state index contributed by atoms with van der Waals surface area (Å²) in [7, 11) is 1.64. The van der Waals surface area contributed by atoms with Gasteiger partial charge in [-0.1, -0.05) is 6.92 Å². The third kappa shape index (κ3) is 2.67. The van der Waals surface area contributed by atoms with Gasteiger partial charge in [-0.15, -0.1) is 0 Å². The van der Waals surface area contributed by atoms with Crippen LogP contribution in [0.15, 0.2) is 36.5 Å². The molecule has 0 aliphatic rings. The van der Waals surface area contributed by atoms with E-state index in [1.54, 1.807) is 25.4 Å². The Labute approximate surface area is 162 Å². The Morgan fingerprint density at radius 2 is 2.04 bits per heavy atom. The van der Waals surface area contributed by atoms with E-state index in [2.05, 4.69) is 23.1 Å². The van der Waals surface area contributed by atoms with E-state index >= 15 is 0 Å². The van der Waals surface area contributed by atoms with Crippen LogP contribution in [0.4, 0.5) is 4.39 Å². The Hall–Kier alpha value is -3.46. The number of fused-ring (bicyclic) bond motifs is 3. The highest BCUT2D eigenvalue weighted by molar-refractivity contribution is 6.11. The summed E-state index contributed by atoms with van der Waals surface area (Å²) in [6.45, 7) is 4.69. The standard InChI is InChI=1S/C22H19FN4O/c1-4-14-9-16-18(10-20(14)28-3)25-12-19-21(16)22(26-27(19)5-2)15-7-6-13(11-24)8-17(15)23/h6-10,12H,4-5H2,1-3H3. The second-order valence-corrected chi connectivity index (χ2v) is 6.52. The van der Waals surface area contributed by atoms with Crippen molar-refractivity contribution in [3.63, 3.8) is 0 Å². The van der Waals surface area contributed by atoms with E-state index in [1.165, 1.54) is 6.07 Å². The molecule has 0 aliphatic heterocycles. The van der Waals surface area contributed by atoms with Gasteiger partial charge in [0.1, 0.15) is 17.3 Å². The quantitative estimate of drug-likeness (QED) is 0.512. The van der Waals surface area contributed by atoms with Gasteiger partial charge in [0.05, 0.1) is 36.0 Å². The topological polar surface area (TPSA) is 63.7 Å². The molecular formula is C22H19FN4O. The van der Waals surface area contributed by atoms with Gasteiger partial charge in [-0.2, -0.15) is 10.4 Å². The van der Waals surface area contributed by atoms with Crippen LogP contribution in [0.5, 0.6) is 5.75 Å². The number of rotatable bonds is 4. The minimum absolute atomic E-state index is 0.282. The number of benzene rings is 2. The van der Waals surface area contributed by atoms with E-state index in [9.17, 15) is 4.39 Å². The minimum atomic E-state index is -0.462. The van der Waals surface area contributed by atoms with Gasteiger partial charge in [0, 0.05) is 28.9 Å². The molecule has 0 saturated heterocycles. The molecule has 0 bridgehead atoms. The summed E-state index contributed by atoms with van der Waals surface area (Å²) >= 11 is 0. The van der Waals surface area contributed by atoms with Gasteiger partial charge in [0.2, 0.25) is 0 Å². The Bertz CT molecular complexity index is 1250. The number of aromatic nitrogens is 3. The molecule has 28 heavy (non-hydrogen) atoms. The average Bonchev–Trinajstić information content (AvgIpc) is 3.11. The molecule has 0 radical (unpaired) electrons. The number of hydrogen-bond acceptors (Lipinski definition) is 4. The normalized spacial score (nSPS) is 11.1. The number of nitriles is 1. The molecule has 0 spiro atoms. The zero-order valence-electron chi connectivity index (χ0n) is 16.0. The monoisotopic (exact) mass is 374 g/mol. The molecule has 2 heterocycles. The highest BCUT2D eigenvalue weighted by atomic mass is 19.1. The largest absolute Gasteiger partial charge is 0.496 e. The highest BCUT2D eigenvalue weighted by Gasteiger charge is 2.19. The van der Waals surface area contributed by atoms with E-state index < -0.39 is 5.82 Å². The van der Waals surface area contributed by atoms with E-state index in [0.717, 1.165) is 39.5 Å². The van der Waals surface area contributed by atoms with Crippen molar-refractivity contribution in [3.05, 3.63) is 53.5 Å². The number of pyridine rings is 1. The van der Waals surface area contributed by atoms with Gasteiger partial charge < -0.3 is 4.74 Å². The summed E-state index contributed by atoms with van der Waals surface area (Å²) in [5.41, 5.74) is 3.88. The van der Waals surface area contributed by atoms with Crippen LogP contribution in [-0.4, -0.2) is 21.9 Å². The van der Waals surface area contributed by atoms with Crippen LogP contribution in [0.25, 0.3) is 33.1 Å². The molecule has 0 fully saturated rings. The predicted molar refractivity (Wildman–Crippen MR) is 107 cm³/mol. The first kappa shape index (κ1) is 17.9. The molecule has 0 amide bonds. The van der Waals surface area contributed by atoms with Crippen molar-refractivity contribution in [2.45, 2.75) is 26.8 Å². The highest BCUT2D eigenvalue weighted by Crippen LogP contribution is 2.37. The van der Waals surface area contributed by atoms with Gasteiger partial charge in [-0.3, -0.25) is 9.67 Å². The van der Waals surface area contributed by atoms with Gasteiger partial charge in [0.25, 0.3) is 0 Å². The van der Waals surface area contributed by atoms with Crippen LogP contribution >= 0.6 is 0 Å². The maximum absolute atomic E-state index is 14.8. The van der Waals surface area contributed by atoms with Gasteiger partial charge in [0.15, 0.2) is 0 Å². The van der Waals surface area contributed by atoms with Gasteiger partial charge in [-0.25, -0.2) is 4.39 Å².